The fraction of sp³-hybridized carbons (Fsp3) is 0.267. The number of methoxy groups -OCH3 is 1. The monoisotopic (exact) mass is 497 g/mol. The van der Waals surface area contributed by atoms with Gasteiger partial charge in [-0.15, -0.1) is 0 Å². The SMILES string of the molecule is CCOc1ccc(C2c3c(-c4c(C)cc(C)cc4O)n[nH]c3C(=O)N2Cc2ccc(C)cc2)cc1OC. The van der Waals surface area contributed by atoms with E-state index in [-0.39, 0.29) is 11.7 Å². The molecule has 1 amide bonds. The van der Waals surface area contributed by atoms with E-state index in [0.717, 1.165) is 33.4 Å². The molecule has 0 aliphatic carbocycles. The van der Waals surface area contributed by atoms with Crippen molar-refractivity contribution >= 4 is 5.91 Å². The van der Waals surface area contributed by atoms with Gasteiger partial charge in [-0.25, -0.2) is 0 Å². The third kappa shape index (κ3) is 4.31. The molecule has 1 unspecified atom stereocenters. The molecule has 1 aromatic heterocycles. The van der Waals surface area contributed by atoms with Gasteiger partial charge in [0.25, 0.3) is 5.91 Å². The number of carbonyl (C=O) groups is 1. The molecule has 2 heterocycles. The minimum atomic E-state index is -0.442. The Kier molecular flexibility index (Phi) is 6.38. The number of hydrogen-bond donors (Lipinski definition) is 2. The second-order valence-electron chi connectivity index (χ2n) is 9.50. The zero-order chi connectivity index (χ0) is 26.3. The number of nitrogens with zero attached hydrogens (tertiary/aromatic N) is 2. The highest BCUT2D eigenvalue weighted by molar-refractivity contribution is 6.00. The molecule has 0 saturated heterocycles. The fourth-order valence-electron chi connectivity index (χ4n) is 5.17. The van der Waals surface area contributed by atoms with E-state index >= 15 is 0 Å². The van der Waals surface area contributed by atoms with Gasteiger partial charge in [-0.05, 0) is 68.1 Å². The van der Waals surface area contributed by atoms with Crippen molar-refractivity contribution in [3.05, 3.63) is 93.7 Å². The maximum atomic E-state index is 13.8. The van der Waals surface area contributed by atoms with E-state index in [4.69, 9.17) is 9.47 Å². The van der Waals surface area contributed by atoms with Crippen molar-refractivity contribution < 1.29 is 19.4 Å². The summed E-state index contributed by atoms with van der Waals surface area (Å²) in [5, 5.41) is 18.4. The number of benzene rings is 3. The molecule has 0 fully saturated rings. The number of fused-ring (bicyclic) bond motifs is 1. The van der Waals surface area contributed by atoms with Crippen molar-refractivity contribution in [1.29, 1.82) is 0 Å². The number of H-pyrrole nitrogens is 1. The van der Waals surface area contributed by atoms with Crippen molar-refractivity contribution in [3.8, 4) is 28.5 Å². The molecule has 37 heavy (non-hydrogen) atoms. The number of aromatic hydroxyl groups is 1. The van der Waals surface area contributed by atoms with Gasteiger partial charge in [0.1, 0.15) is 17.1 Å². The molecular weight excluding hydrogens is 466 g/mol. The van der Waals surface area contributed by atoms with Gasteiger partial charge in [0, 0.05) is 17.7 Å². The van der Waals surface area contributed by atoms with E-state index in [1.807, 2.05) is 81.1 Å². The average Bonchev–Trinajstić information content (AvgIpc) is 3.39. The number of phenolic OH excluding ortho intramolecular Hbond substituents is 1. The van der Waals surface area contributed by atoms with Crippen LogP contribution in [0, 0.1) is 20.8 Å². The first kappa shape index (κ1) is 24.4. The van der Waals surface area contributed by atoms with E-state index in [1.54, 1.807) is 13.2 Å². The molecule has 1 aliphatic rings. The van der Waals surface area contributed by atoms with Crippen molar-refractivity contribution in [2.75, 3.05) is 13.7 Å². The summed E-state index contributed by atoms with van der Waals surface area (Å²) in [6.45, 7) is 8.77. The zero-order valence-corrected chi connectivity index (χ0v) is 21.8. The molecule has 3 aromatic carbocycles. The fourth-order valence-corrected chi connectivity index (χ4v) is 5.17. The minimum Gasteiger partial charge on any atom is -0.507 e. The highest BCUT2D eigenvalue weighted by Crippen LogP contribution is 2.47. The van der Waals surface area contributed by atoms with Crippen LogP contribution in [0.1, 0.15) is 56.8 Å². The summed E-state index contributed by atoms with van der Waals surface area (Å²) in [5.41, 5.74) is 7.26. The second-order valence-corrected chi connectivity index (χ2v) is 9.50. The lowest BCUT2D eigenvalue weighted by Gasteiger charge is -2.27. The number of ether oxygens (including phenoxy) is 2. The molecule has 0 radical (unpaired) electrons. The maximum Gasteiger partial charge on any atom is 0.273 e. The van der Waals surface area contributed by atoms with Crippen LogP contribution in [-0.4, -0.2) is 39.8 Å². The van der Waals surface area contributed by atoms with Crippen molar-refractivity contribution in [3.63, 3.8) is 0 Å². The smallest absolute Gasteiger partial charge is 0.273 e. The van der Waals surface area contributed by atoms with E-state index < -0.39 is 6.04 Å². The highest BCUT2D eigenvalue weighted by atomic mass is 16.5. The topological polar surface area (TPSA) is 87.7 Å². The predicted octanol–water partition coefficient (Wildman–Crippen LogP) is 5.86. The molecule has 1 aliphatic heterocycles. The van der Waals surface area contributed by atoms with Gasteiger partial charge in [-0.2, -0.15) is 5.10 Å². The summed E-state index contributed by atoms with van der Waals surface area (Å²) in [6, 6.07) is 17.2. The lowest BCUT2D eigenvalue weighted by Crippen LogP contribution is -2.29. The van der Waals surface area contributed by atoms with E-state index in [2.05, 4.69) is 10.2 Å². The first-order valence-electron chi connectivity index (χ1n) is 12.4. The van der Waals surface area contributed by atoms with Crippen LogP contribution in [0.25, 0.3) is 11.3 Å². The normalized spacial score (nSPS) is 14.7. The number of aromatic amines is 1. The Morgan fingerprint density at radius 3 is 2.43 bits per heavy atom. The standard InChI is InChI=1S/C30H31N3O4/c1-6-37-23-12-11-21(15-24(23)36-5)29-26-27(25-19(4)13-18(3)14-22(25)34)31-32-28(26)30(35)33(29)16-20-9-7-17(2)8-10-20/h7-15,29,34H,6,16H2,1-5H3,(H,31,32). The molecule has 4 aromatic rings. The Labute approximate surface area is 216 Å². The van der Waals surface area contributed by atoms with Crippen LogP contribution >= 0.6 is 0 Å². The summed E-state index contributed by atoms with van der Waals surface area (Å²) < 4.78 is 11.4. The van der Waals surface area contributed by atoms with Gasteiger partial charge in [0.15, 0.2) is 11.5 Å². The lowest BCUT2D eigenvalue weighted by molar-refractivity contribution is 0.0730. The Morgan fingerprint density at radius 1 is 1.00 bits per heavy atom. The van der Waals surface area contributed by atoms with Crippen LogP contribution in [0.15, 0.2) is 54.6 Å². The molecule has 0 spiro atoms. The molecule has 2 N–H and O–H groups in total. The van der Waals surface area contributed by atoms with Crippen LogP contribution in [0.2, 0.25) is 0 Å². The van der Waals surface area contributed by atoms with Crippen LogP contribution in [0.4, 0.5) is 0 Å². The predicted molar refractivity (Wildman–Crippen MR) is 142 cm³/mol. The number of aryl methyl sites for hydroxylation is 3. The molecule has 7 nitrogen and oxygen atoms in total. The Balaban J connectivity index is 1.69. The zero-order valence-electron chi connectivity index (χ0n) is 21.8. The van der Waals surface area contributed by atoms with Gasteiger partial charge in [-0.3, -0.25) is 9.89 Å². The highest BCUT2D eigenvalue weighted by Gasteiger charge is 2.43. The maximum absolute atomic E-state index is 13.8. The molecule has 7 heteroatoms. The molecule has 1 atom stereocenters. The largest absolute Gasteiger partial charge is 0.507 e. The molecule has 0 saturated carbocycles. The van der Waals surface area contributed by atoms with Crippen LogP contribution in [-0.2, 0) is 6.54 Å². The van der Waals surface area contributed by atoms with Gasteiger partial charge in [-0.1, -0.05) is 42.0 Å². The Bertz CT molecular complexity index is 1450. The van der Waals surface area contributed by atoms with Crippen LogP contribution < -0.4 is 9.47 Å². The second kappa shape index (κ2) is 9.65. The minimum absolute atomic E-state index is 0.138. The number of amides is 1. The van der Waals surface area contributed by atoms with Crippen molar-refractivity contribution in [1.82, 2.24) is 15.1 Å². The Morgan fingerprint density at radius 2 is 1.76 bits per heavy atom. The van der Waals surface area contributed by atoms with Crippen molar-refractivity contribution in [2.24, 2.45) is 0 Å². The number of aromatic nitrogens is 2. The summed E-state index contributed by atoms with van der Waals surface area (Å²) in [5.74, 6) is 1.23. The van der Waals surface area contributed by atoms with Crippen LogP contribution in [0.5, 0.6) is 17.2 Å². The summed E-state index contributed by atoms with van der Waals surface area (Å²) >= 11 is 0. The van der Waals surface area contributed by atoms with E-state index in [9.17, 15) is 9.90 Å². The van der Waals surface area contributed by atoms with Gasteiger partial charge < -0.3 is 19.5 Å². The first-order chi connectivity index (χ1) is 17.8. The number of carbonyl (C=O) groups excluding carboxylic acids is 1. The summed E-state index contributed by atoms with van der Waals surface area (Å²) in [7, 11) is 1.61. The van der Waals surface area contributed by atoms with E-state index in [0.29, 0.717) is 41.6 Å². The van der Waals surface area contributed by atoms with E-state index in [1.165, 1.54) is 0 Å². The quantitative estimate of drug-likeness (QED) is 0.334. The van der Waals surface area contributed by atoms with Gasteiger partial charge in [0.2, 0.25) is 0 Å². The number of phenols is 1. The third-order valence-electron chi connectivity index (χ3n) is 6.84. The average molecular weight is 498 g/mol. The van der Waals surface area contributed by atoms with Gasteiger partial charge >= 0.3 is 0 Å². The summed E-state index contributed by atoms with van der Waals surface area (Å²) in [6.07, 6.45) is 0. The first-order valence-corrected chi connectivity index (χ1v) is 12.4. The molecule has 0 bridgehead atoms. The molecule has 190 valence electrons. The number of hydrogen-bond acceptors (Lipinski definition) is 5. The van der Waals surface area contributed by atoms with Crippen LogP contribution in [0.3, 0.4) is 0 Å². The molecular formula is C30H31N3O4. The molecule has 5 rings (SSSR count). The number of rotatable bonds is 7. The lowest BCUT2D eigenvalue weighted by atomic mass is 9.93. The number of nitrogens with one attached hydrogen (secondary N) is 1. The third-order valence-corrected chi connectivity index (χ3v) is 6.84. The van der Waals surface area contributed by atoms with Gasteiger partial charge in [0.05, 0.1) is 19.8 Å². The summed E-state index contributed by atoms with van der Waals surface area (Å²) in [4.78, 5) is 15.6. The Hall–Kier alpha value is -4.26. The van der Waals surface area contributed by atoms with Crippen molar-refractivity contribution in [2.45, 2.75) is 40.3 Å².